The van der Waals surface area contributed by atoms with Crippen molar-refractivity contribution in [2.24, 2.45) is 0 Å². The normalized spacial score (nSPS) is 12.1. The summed E-state index contributed by atoms with van der Waals surface area (Å²) in [5, 5.41) is 10.9. The molecule has 0 amide bonds. The highest BCUT2D eigenvalue weighted by Gasteiger charge is 2.09. The van der Waals surface area contributed by atoms with E-state index in [4.69, 9.17) is 0 Å². The lowest BCUT2D eigenvalue weighted by Crippen LogP contribution is -2.17. The van der Waals surface area contributed by atoms with Gasteiger partial charge in [0.15, 0.2) is 0 Å². The Morgan fingerprint density at radius 1 is 1.24 bits per heavy atom. The first-order valence-corrected chi connectivity index (χ1v) is 8.13. The largest absolute Gasteiger partial charge is 0.354 e. The molecular formula is C12H20N8S. The number of rotatable bonds is 8. The molecule has 1 atom stereocenters. The fourth-order valence-corrected chi connectivity index (χ4v) is 1.74. The number of hydrogen-bond donors (Lipinski definition) is 2. The van der Waals surface area contributed by atoms with Crippen molar-refractivity contribution in [1.82, 2.24) is 29.7 Å². The highest BCUT2D eigenvalue weighted by molar-refractivity contribution is 7.99. The van der Waals surface area contributed by atoms with Crippen LogP contribution in [0.4, 0.5) is 11.9 Å². The first-order valence-electron chi connectivity index (χ1n) is 6.84. The molecule has 0 saturated carbocycles. The molecule has 9 heteroatoms. The monoisotopic (exact) mass is 308 g/mol. The zero-order chi connectivity index (χ0) is 15.1. The Morgan fingerprint density at radius 2 is 2.00 bits per heavy atom. The molecule has 2 N–H and O–H groups in total. The molecule has 0 aromatic carbocycles. The maximum atomic E-state index is 4.37. The van der Waals surface area contributed by atoms with E-state index < -0.39 is 0 Å². The highest BCUT2D eigenvalue weighted by Crippen LogP contribution is 2.10. The summed E-state index contributed by atoms with van der Waals surface area (Å²) < 4.78 is 1.52. The van der Waals surface area contributed by atoms with Crippen molar-refractivity contribution >= 4 is 23.7 Å². The number of nitrogens with one attached hydrogen (secondary N) is 2. The topological polar surface area (TPSA) is 93.4 Å². The van der Waals surface area contributed by atoms with E-state index >= 15 is 0 Å². The Morgan fingerprint density at radius 3 is 2.62 bits per heavy atom. The summed E-state index contributed by atoms with van der Waals surface area (Å²) in [4.78, 5) is 17.0. The number of thioether (sulfide) groups is 1. The zero-order valence-electron chi connectivity index (χ0n) is 12.4. The average Bonchev–Trinajstić information content (AvgIpc) is 3.04. The van der Waals surface area contributed by atoms with Gasteiger partial charge in [-0.2, -0.15) is 36.5 Å². The second-order valence-corrected chi connectivity index (χ2v) is 5.75. The van der Waals surface area contributed by atoms with E-state index in [1.807, 2.05) is 0 Å². The van der Waals surface area contributed by atoms with E-state index in [-0.39, 0.29) is 0 Å². The van der Waals surface area contributed by atoms with E-state index in [2.05, 4.69) is 55.8 Å². The minimum atomic E-state index is 0.445. The third kappa shape index (κ3) is 4.55. The molecule has 2 aromatic rings. The summed E-state index contributed by atoms with van der Waals surface area (Å²) in [5.74, 6) is 1.52. The van der Waals surface area contributed by atoms with E-state index in [0.717, 1.165) is 19.5 Å². The van der Waals surface area contributed by atoms with Gasteiger partial charge in [0.05, 0.1) is 0 Å². The molecule has 1 unspecified atom stereocenters. The molecule has 114 valence electrons. The first kappa shape index (κ1) is 15.5. The molecule has 0 spiro atoms. The minimum Gasteiger partial charge on any atom is -0.354 e. The molecule has 0 fully saturated rings. The van der Waals surface area contributed by atoms with Crippen molar-refractivity contribution in [2.75, 3.05) is 30.0 Å². The van der Waals surface area contributed by atoms with Gasteiger partial charge in [-0.15, -0.1) is 0 Å². The van der Waals surface area contributed by atoms with Crippen LogP contribution in [-0.2, 0) is 0 Å². The van der Waals surface area contributed by atoms with Gasteiger partial charge < -0.3 is 10.6 Å². The maximum absolute atomic E-state index is 4.37. The quantitative estimate of drug-likeness (QED) is 0.756. The number of aromatic nitrogens is 6. The Hall–Kier alpha value is -1.90. The third-order valence-corrected chi connectivity index (χ3v) is 3.70. The Balaban J connectivity index is 2.20. The lowest BCUT2D eigenvalue weighted by Gasteiger charge is -2.12. The van der Waals surface area contributed by atoms with Crippen molar-refractivity contribution in [3.63, 3.8) is 0 Å². The molecular weight excluding hydrogens is 288 g/mol. The maximum Gasteiger partial charge on any atom is 0.258 e. The predicted molar refractivity (Wildman–Crippen MR) is 85.0 cm³/mol. The van der Waals surface area contributed by atoms with Crippen LogP contribution >= 0.6 is 11.8 Å². The standard InChI is InChI=1S/C12H20N8S/c1-4-5-14-10-17-11(15-6-9(2)21-3)19-12(18-10)20-8-13-7-16-20/h7-9H,4-6H2,1-3H3,(H2,14,15,17,18,19). The summed E-state index contributed by atoms with van der Waals surface area (Å²) in [7, 11) is 0. The third-order valence-electron chi connectivity index (χ3n) is 2.73. The second kappa shape index (κ2) is 7.77. The van der Waals surface area contributed by atoms with E-state index in [1.165, 1.54) is 11.0 Å². The molecule has 2 heterocycles. The Kier molecular flexibility index (Phi) is 5.73. The van der Waals surface area contributed by atoms with Crippen molar-refractivity contribution in [1.29, 1.82) is 0 Å². The van der Waals surface area contributed by atoms with Crippen molar-refractivity contribution in [3.05, 3.63) is 12.7 Å². The van der Waals surface area contributed by atoms with Crippen molar-refractivity contribution in [2.45, 2.75) is 25.5 Å². The van der Waals surface area contributed by atoms with Crippen molar-refractivity contribution in [3.8, 4) is 5.95 Å². The second-order valence-electron chi connectivity index (χ2n) is 4.48. The molecule has 8 nitrogen and oxygen atoms in total. The zero-order valence-corrected chi connectivity index (χ0v) is 13.3. The fraction of sp³-hybridized carbons (Fsp3) is 0.583. The lowest BCUT2D eigenvalue weighted by atomic mass is 10.5. The summed E-state index contributed by atoms with van der Waals surface area (Å²) in [6.07, 6.45) is 6.09. The van der Waals surface area contributed by atoms with Crippen LogP contribution in [0.15, 0.2) is 12.7 Å². The summed E-state index contributed by atoms with van der Waals surface area (Å²) in [6.45, 7) is 5.83. The predicted octanol–water partition coefficient (Wildman–Crippen LogP) is 1.44. The molecule has 21 heavy (non-hydrogen) atoms. The molecule has 2 rings (SSSR count). The molecule has 0 aliphatic rings. The number of nitrogens with zero attached hydrogens (tertiary/aromatic N) is 6. The van der Waals surface area contributed by atoms with Gasteiger partial charge in [-0.05, 0) is 12.7 Å². The summed E-state index contributed by atoms with van der Waals surface area (Å²) in [6, 6.07) is 0. The molecule has 0 bridgehead atoms. The minimum absolute atomic E-state index is 0.445. The average molecular weight is 308 g/mol. The molecule has 2 aromatic heterocycles. The van der Waals surface area contributed by atoms with Crippen LogP contribution in [0, 0.1) is 0 Å². The van der Waals surface area contributed by atoms with Crippen LogP contribution < -0.4 is 10.6 Å². The van der Waals surface area contributed by atoms with Gasteiger partial charge in [-0.3, -0.25) is 0 Å². The van der Waals surface area contributed by atoms with Gasteiger partial charge in [0.2, 0.25) is 11.9 Å². The van der Waals surface area contributed by atoms with Crippen LogP contribution in [0.1, 0.15) is 20.3 Å². The summed E-state index contributed by atoms with van der Waals surface area (Å²) in [5.41, 5.74) is 0. The molecule has 0 saturated heterocycles. The molecule has 0 aliphatic heterocycles. The summed E-state index contributed by atoms with van der Waals surface area (Å²) >= 11 is 1.79. The van der Waals surface area contributed by atoms with Gasteiger partial charge in [-0.25, -0.2) is 4.98 Å². The van der Waals surface area contributed by atoms with Crippen molar-refractivity contribution < 1.29 is 0 Å². The molecule has 0 aliphatic carbocycles. The number of hydrogen-bond acceptors (Lipinski definition) is 8. The van der Waals surface area contributed by atoms with Gasteiger partial charge in [0.1, 0.15) is 12.7 Å². The van der Waals surface area contributed by atoms with Crippen LogP contribution in [-0.4, -0.2) is 54.3 Å². The van der Waals surface area contributed by atoms with Gasteiger partial charge in [0.25, 0.3) is 5.95 Å². The smallest absolute Gasteiger partial charge is 0.258 e. The van der Waals surface area contributed by atoms with Gasteiger partial charge in [0, 0.05) is 18.3 Å². The Bertz CT molecular complexity index is 544. The van der Waals surface area contributed by atoms with Gasteiger partial charge in [-0.1, -0.05) is 13.8 Å². The van der Waals surface area contributed by atoms with Crippen LogP contribution in [0.2, 0.25) is 0 Å². The lowest BCUT2D eigenvalue weighted by molar-refractivity contribution is 0.791. The highest BCUT2D eigenvalue weighted by atomic mass is 32.2. The Labute approximate surface area is 128 Å². The van der Waals surface area contributed by atoms with E-state index in [0.29, 0.717) is 23.1 Å². The SMILES string of the molecule is CCCNc1nc(NCC(C)SC)nc(-n2cncn2)n1. The van der Waals surface area contributed by atoms with Crippen LogP contribution in [0.5, 0.6) is 0 Å². The van der Waals surface area contributed by atoms with Crippen LogP contribution in [0.3, 0.4) is 0 Å². The van der Waals surface area contributed by atoms with E-state index in [1.54, 1.807) is 18.1 Å². The first-order chi connectivity index (χ1) is 10.2. The van der Waals surface area contributed by atoms with Gasteiger partial charge >= 0.3 is 0 Å². The molecule has 0 radical (unpaired) electrons. The fourth-order valence-electron chi connectivity index (χ4n) is 1.49. The van der Waals surface area contributed by atoms with Crippen LogP contribution in [0.25, 0.3) is 5.95 Å². The number of anilines is 2. The van der Waals surface area contributed by atoms with E-state index in [9.17, 15) is 0 Å².